The highest BCUT2D eigenvalue weighted by atomic mass is 32.2. The van der Waals surface area contributed by atoms with Crippen LogP contribution in [0.2, 0.25) is 0 Å². The summed E-state index contributed by atoms with van der Waals surface area (Å²) in [5.74, 6) is 0. The van der Waals surface area contributed by atoms with E-state index in [2.05, 4.69) is 97.4 Å². The lowest BCUT2D eigenvalue weighted by molar-refractivity contribution is 0.475. The number of fused-ring (bicyclic) bond motifs is 3. The second kappa shape index (κ2) is 6.15. The molecule has 1 aliphatic rings. The van der Waals surface area contributed by atoms with Gasteiger partial charge >= 0.3 is 0 Å². The van der Waals surface area contributed by atoms with Gasteiger partial charge in [0.15, 0.2) is 0 Å². The molecule has 0 fully saturated rings. The number of aryl methyl sites for hydroxylation is 1. The average molecular weight is 388 g/mol. The van der Waals surface area contributed by atoms with Crippen molar-refractivity contribution < 1.29 is 0 Å². The molecule has 0 saturated heterocycles. The molecule has 0 amide bonds. The van der Waals surface area contributed by atoms with Crippen LogP contribution in [0.4, 0.5) is 0 Å². The number of hydrogen-bond donors (Lipinski definition) is 0. The Labute approximate surface area is 168 Å². The van der Waals surface area contributed by atoms with E-state index in [0.717, 1.165) is 0 Å². The van der Waals surface area contributed by atoms with Crippen LogP contribution >= 0.6 is 23.1 Å². The Morgan fingerprint density at radius 3 is 2.37 bits per heavy atom. The maximum Gasteiger partial charge on any atom is 0.0716 e. The monoisotopic (exact) mass is 387 g/mol. The fourth-order valence-corrected chi connectivity index (χ4v) is 6.25. The molecule has 4 aromatic rings. The number of benzene rings is 2. The summed E-state index contributed by atoms with van der Waals surface area (Å²) in [6.45, 7) is 6.98. The van der Waals surface area contributed by atoms with Gasteiger partial charge in [0.25, 0.3) is 0 Å². The molecule has 2 aromatic carbocycles. The quantitative estimate of drug-likeness (QED) is 0.357. The van der Waals surface area contributed by atoms with Crippen molar-refractivity contribution in [3.63, 3.8) is 0 Å². The van der Waals surface area contributed by atoms with Crippen molar-refractivity contribution >= 4 is 39.6 Å². The van der Waals surface area contributed by atoms with Crippen molar-refractivity contribution in [2.45, 2.75) is 31.2 Å². The molecule has 1 aliphatic heterocycles. The molecule has 0 atom stereocenters. The third-order valence-electron chi connectivity index (χ3n) is 5.44. The van der Waals surface area contributed by atoms with Gasteiger partial charge in [-0.1, -0.05) is 54.2 Å². The van der Waals surface area contributed by atoms with Gasteiger partial charge in [-0.2, -0.15) is 0 Å². The number of allylic oxidation sites excluding steroid dienone is 1. The maximum atomic E-state index is 2.55. The SMILES string of the molecule is Cc1c2n(c3ccccc13)C(C)(C)C(Sc1ccccc1)=C2c1cccs1. The van der Waals surface area contributed by atoms with E-state index < -0.39 is 0 Å². The fourth-order valence-electron chi connectivity index (χ4n) is 4.23. The maximum absolute atomic E-state index is 2.55. The Hall–Kier alpha value is -2.23. The molecular weight excluding hydrogens is 366 g/mol. The van der Waals surface area contributed by atoms with Crippen molar-refractivity contribution in [2.75, 3.05) is 0 Å². The van der Waals surface area contributed by atoms with Crippen LogP contribution in [0.25, 0.3) is 16.5 Å². The first-order valence-corrected chi connectivity index (χ1v) is 10.9. The van der Waals surface area contributed by atoms with Crippen LogP contribution in [-0.2, 0) is 5.54 Å². The van der Waals surface area contributed by atoms with E-state index in [1.165, 1.54) is 42.4 Å². The van der Waals surface area contributed by atoms with Gasteiger partial charge in [-0.3, -0.25) is 0 Å². The topological polar surface area (TPSA) is 4.93 Å². The van der Waals surface area contributed by atoms with Crippen LogP contribution in [-0.4, -0.2) is 4.57 Å². The third-order valence-corrected chi connectivity index (χ3v) is 7.74. The molecule has 0 spiro atoms. The molecule has 134 valence electrons. The first-order chi connectivity index (χ1) is 13.1. The normalized spacial score (nSPS) is 15.5. The smallest absolute Gasteiger partial charge is 0.0716 e. The average Bonchev–Trinajstić information content (AvgIpc) is 3.35. The lowest BCUT2D eigenvalue weighted by Gasteiger charge is -2.27. The van der Waals surface area contributed by atoms with Gasteiger partial charge in [-0.15, -0.1) is 11.3 Å². The molecule has 0 saturated carbocycles. The molecule has 0 radical (unpaired) electrons. The van der Waals surface area contributed by atoms with Gasteiger partial charge in [0, 0.05) is 31.2 Å². The van der Waals surface area contributed by atoms with E-state index in [4.69, 9.17) is 0 Å². The molecular formula is C24H21NS2. The minimum atomic E-state index is -0.0942. The van der Waals surface area contributed by atoms with Crippen LogP contribution in [0.15, 0.2) is 81.9 Å². The second-order valence-electron chi connectivity index (χ2n) is 7.48. The third kappa shape index (κ3) is 2.45. The van der Waals surface area contributed by atoms with Crippen LogP contribution in [0.3, 0.4) is 0 Å². The summed E-state index contributed by atoms with van der Waals surface area (Å²) >= 11 is 3.74. The summed E-state index contributed by atoms with van der Waals surface area (Å²) in [5.41, 5.74) is 5.39. The van der Waals surface area contributed by atoms with Gasteiger partial charge in [0.05, 0.1) is 11.2 Å². The van der Waals surface area contributed by atoms with Gasteiger partial charge in [-0.05, 0) is 56.0 Å². The highest BCUT2D eigenvalue weighted by Gasteiger charge is 2.41. The van der Waals surface area contributed by atoms with E-state index in [9.17, 15) is 0 Å². The Morgan fingerprint density at radius 1 is 0.889 bits per heavy atom. The van der Waals surface area contributed by atoms with Crippen molar-refractivity contribution in [3.8, 4) is 0 Å². The Balaban J connectivity index is 1.83. The molecule has 27 heavy (non-hydrogen) atoms. The summed E-state index contributed by atoms with van der Waals surface area (Å²) in [7, 11) is 0. The van der Waals surface area contributed by atoms with E-state index in [1.54, 1.807) is 0 Å². The highest BCUT2D eigenvalue weighted by molar-refractivity contribution is 8.03. The van der Waals surface area contributed by atoms with Crippen LogP contribution < -0.4 is 0 Å². The standard InChI is InChI=1S/C24H21NS2/c1-16-18-12-7-8-13-19(18)25-22(16)21(20-14-9-15-26-20)23(24(25,2)3)27-17-10-5-4-6-11-17/h4-15H,1-3H3. The largest absolute Gasteiger partial charge is 0.330 e. The summed E-state index contributed by atoms with van der Waals surface area (Å²) in [5, 5.41) is 3.54. The van der Waals surface area contributed by atoms with Gasteiger partial charge in [0.2, 0.25) is 0 Å². The lowest BCUT2D eigenvalue weighted by atomic mass is 10.0. The molecule has 2 aromatic heterocycles. The van der Waals surface area contributed by atoms with Crippen LogP contribution in [0.1, 0.15) is 30.0 Å². The number of aromatic nitrogens is 1. The molecule has 1 nitrogen and oxygen atoms in total. The van der Waals surface area contributed by atoms with Gasteiger partial charge in [0.1, 0.15) is 0 Å². The van der Waals surface area contributed by atoms with E-state index in [-0.39, 0.29) is 5.54 Å². The summed E-state index contributed by atoms with van der Waals surface area (Å²) in [6, 6.07) is 24.0. The zero-order chi connectivity index (χ0) is 18.6. The first kappa shape index (κ1) is 16.9. The number of para-hydroxylation sites is 1. The van der Waals surface area contributed by atoms with Crippen molar-refractivity contribution in [1.82, 2.24) is 4.57 Å². The molecule has 0 bridgehead atoms. The van der Waals surface area contributed by atoms with Crippen molar-refractivity contribution in [3.05, 3.63) is 93.1 Å². The second-order valence-corrected chi connectivity index (χ2v) is 9.51. The summed E-state index contributed by atoms with van der Waals surface area (Å²) in [4.78, 5) is 4.08. The number of thiophene rings is 1. The molecule has 0 aliphatic carbocycles. The number of thioether (sulfide) groups is 1. The number of hydrogen-bond acceptors (Lipinski definition) is 2. The van der Waals surface area contributed by atoms with Gasteiger partial charge < -0.3 is 4.57 Å². The van der Waals surface area contributed by atoms with E-state index in [1.807, 2.05) is 23.1 Å². The zero-order valence-corrected chi connectivity index (χ0v) is 17.3. The lowest BCUT2D eigenvalue weighted by Crippen LogP contribution is -2.24. The molecule has 0 N–H and O–H groups in total. The Bertz CT molecular complexity index is 1160. The molecule has 0 unspecified atom stereocenters. The molecule has 3 heterocycles. The highest BCUT2D eigenvalue weighted by Crippen LogP contribution is 2.54. The molecule has 5 rings (SSSR count). The van der Waals surface area contributed by atoms with Crippen LogP contribution in [0.5, 0.6) is 0 Å². The predicted molar refractivity (Wildman–Crippen MR) is 119 cm³/mol. The minimum Gasteiger partial charge on any atom is -0.330 e. The fraction of sp³-hybridized carbons (Fsp3) is 0.167. The van der Waals surface area contributed by atoms with E-state index in [0.29, 0.717) is 0 Å². The van der Waals surface area contributed by atoms with Crippen molar-refractivity contribution in [2.24, 2.45) is 0 Å². The number of nitrogens with zero attached hydrogens (tertiary/aromatic N) is 1. The van der Waals surface area contributed by atoms with E-state index >= 15 is 0 Å². The Kier molecular flexibility index (Phi) is 3.85. The minimum absolute atomic E-state index is 0.0942. The molecule has 3 heteroatoms. The number of rotatable bonds is 3. The van der Waals surface area contributed by atoms with Gasteiger partial charge in [-0.25, -0.2) is 0 Å². The zero-order valence-electron chi connectivity index (χ0n) is 15.7. The van der Waals surface area contributed by atoms with Crippen molar-refractivity contribution in [1.29, 1.82) is 0 Å². The predicted octanol–water partition coefficient (Wildman–Crippen LogP) is 7.31. The van der Waals surface area contributed by atoms with Crippen LogP contribution in [0, 0.1) is 6.92 Å². The summed E-state index contributed by atoms with van der Waals surface area (Å²) in [6.07, 6.45) is 0. The first-order valence-electron chi connectivity index (χ1n) is 9.21. The summed E-state index contributed by atoms with van der Waals surface area (Å²) < 4.78 is 2.55. The Morgan fingerprint density at radius 2 is 1.63 bits per heavy atom.